The summed E-state index contributed by atoms with van der Waals surface area (Å²) in [4.78, 5) is 34.2. The van der Waals surface area contributed by atoms with E-state index in [-0.39, 0.29) is 16.6 Å². The zero-order valence-electron chi connectivity index (χ0n) is 13.3. The lowest BCUT2D eigenvalue weighted by molar-refractivity contribution is -0.385. The molecule has 0 bridgehead atoms. The van der Waals surface area contributed by atoms with Gasteiger partial charge >= 0.3 is 5.97 Å². The fourth-order valence-electron chi connectivity index (χ4n) is 2.82. The van der Waals surface area contributed by atoms with Crippen LogP contribution in [0, 0.1) is 16.0 Å². The van der Waals surface area contributed by atoms with Crippen LogP contribution in [0.15, 0.2) is 18.2 Å². The normalized spacial score (nSPS) is 20.2. The highest BCUT2D eigenvalue weighted by Gasteiger charge is 2.25. The summed E-state index contributed by atoms with van der Waals surface area (Å²) in [6, 6.07) is 3.67. The minimum Gasteiger partial charge on any atom is -0.452 e. The Kier molecular flexibility index (Phi) is 6.14. The van der Waals surface area contributed by atoms with Crippen LogP contribution in [0.1, 0.15) is 43.0 Å². The van der Waals surface area contributed by atoms with E-state index in [1.165, 1.54) is 6.07 Å². The number of halogens is 1. The third-order valence-corrected chi connectivity index (χ3v) is 4.40. The summed E-state index contributed by atoms with van der Waals surface area (Å²) >= 11 is 5.76. The van der Waals surface area contributed by atoms with E-state index in [0.717, 1.165) is 37.8 Å². The van der Waals surface area contributed by atoms with Gasteiger partial charge in [0.25, 0.3) is 11.6 Å². The number of esters is 1. The Bertz CT molecular complexity index is 649. The lowest BCUT2D eigenvalue weighted by Crippen LogP contribution is -2.42. The van der Waals surface area contributed by atoms with E-state index in [1.807, 2.05) is 0 Å². The van der Waals surface area contributed by atoms with Gasteiger partial charge in [-0.25, -0.2) is 4.79 Å². The molecule has 130 valence electrons. The fraction of sp³-hybridized carbons (Fsp3) is 0.500. The number of benzene rings is 1. The molecule has 1 saturated carbocycles. The van der Waals surface area contributed by atoms with Gasteiger partial charge in [-0.05, 0) is 30.9 Å². The van der Waals surface area contributed by atoms with Crippen molar-refractivity contribution < 1.29 is 19.2 Å². The maximum atomic E-state index is 12.0. The maximum Gasteiger partial charge on any atom is 0.345 e. The number of nitrogens with one attached hydrogen (secondary N) is 1. The molecule has 2 atom stereocenters. The standard InChI is InChI=1S/C16H19ClN2O5/c1-10-4-2-3-5-13(10)18-15(20)9-24-16(21)12-8-11(17)6-7-14(12)19(22)23/h6-8,10,13H,2-5,9H2,1H3,(H,18,20)/t10-,13-/m1/s1. The molecule has 0 aromatic heterocycles. The van der Waals surface area contributed by atoms with Crippen molar-refractivity contribution in [3.63, 3.8) is 0 Å². The smallest absolute Gasteiger partial charge is 0.345 e. The Labute approximate surface area is 144 Å². The van der Waals surface area contributed by atoms with Crippen LogP contribution in [-0.4, -0.2) is 29.4 Å². The summed E-state index contributed by atoms with van der Waals surface area (Å²) in [6.45, 7) is 1.59. The van der Waals surface area contributed by atoms with Gasteiger partial charge in [0.2, 0.25) is 0 Å². The number of carbonyl (C=O) groups excluding carboxylic acids is 2. The highest BCUT2D eigenvalue weighted by atomic mass is 35.5. The third kappa shape index (κ3) is 4.67. The first-order chi connectivity index (χ1) is 11.4. The van der Waals surface area contributed by atoms with Crippen LogP contribution in [0.5, 0.6) is 0 Å². The molecule has 8 heteroatoms. The van der Waals surface area contributed by atoms with Crippen LogP contribution in [0.25, 0.3) is 0 Å². The van der Waals surface area contributed by atoms with Crippen LogP contribution in [0.4, 0.5) is 5.69 Å². The van der Waals surface area contributed by atoms with Crippen LogP contribution in [0.3, 0.4) is 0 Å². The Hall–Kier alpha value is -2.15. The summed E-state index contributed by atoms with van der Waals surface area (Å²) < 4.78 is 4.90. The molecule has 1 N–H and O–H groups in total. The number of hydrogen-bond acceptors (Lipinski definition) is 5. The number of amides is 1. The predicted octanol–water partition coefficient (Wildman–Crippen LogP) is 3.10. The van der Waals surface area contributed by atoms with Crippen LogP contribution < -0.4 is 5.32 Å². The Balaban J connectivity index is 1.94. The number of carbonyl (C=O) groups is 2. The quantitative estimate of drug-likeness (QED) is 0.497. The molecular formula is C16H19ClN2O5. The second-order valence-corrected chi connectivity index (χ2v) is 6.37. The Morgan fingerprint density at radius 1 is 1.38 bits per heavy atom. The van der Waals surface area contributed by atoms with E-state index < -0.39 is 29.1 Å². The van der Waals surface area contributed by atoms with Crippen molar-refractivity contribution >= 4 is 29.2 Å². The third-order valence-electron chi connectivity index (χ3n) is 4.17. The van der Waals surface area contributed by atoms with E-state index in [2.05, 4.69) is 12.2 Å². The van der Waals surface area contributed by atoms with Gasteiger partial charge in [0.05, 0.1) is 4.92 Å². The molecule has 7 nitrogen and oxygen atoms in total. The monoisotopic (exact) mass is 354 g/mol. The topological polar surface area (TPSA) is 98.5 Å². The van der Waals surface area contributed by atoms with Gasteiger partial charge in [0, 0.05) is 17.1 Å². The summed E-state index contributed by atoms with van der Waals surface area (Å²) in [5.41, 5.74) is -0.683. The molecule has 0 unspecified atom stereocenters. The zero-order valence-corrected chi connectivity index (χ0v) is 14.0. The molecule has 24 heavy (non-hydrogen) atoms. The van der Waals surface area contributed by atoms with Gasteiger partial charge in [-0.2, -0.15) is 0 Å². The van der Waals surface area contributed by atoms with E-state index in [4.69, 9.17) is 16.3 Å². The summed E-state index contributed by atoms with van der Waals surface area (Å²) in [6.07, 6.45) is 4.17. The van der Waals surface area contributed by atoms with Gasteiger partial charge in [-0.1, -0.05) is 31.4 Å². The Morgan fingerprint density at radius 3 is 2.75 bits per heavy atom. The lowest BCUT2D eigenvalue weighted by Gasteiger charge is -2.29. The van der Waals surface area contributed by atoms with Crippen molar-refractivity contribution in [2.45, 2.75) is 38.6 Å². The van der Waals surface area contributed by atoms with Crippen LogP contribution in [0.2, 0.25) is 5.02 Å². The molecule has 1 aromatic carbocycles. The molecule has 2 rings (SSSR count). The summed E-state index contributed by atoms with van der Waals surface area (Å²) in [5.74, 6) is -0.977. The van der Waals surface area contributed by atoms with E-state index in [1.54, 1.807) is 0 Å². The van der Waals surface area contributed by atoms with Crippen molar-refractivity contribution in [1.29, 1.82) is 0 Å². The molecule has 1 aliphatic carbocycles. The average molecular weight is 355 g/mol. The molecule has 0 aliphatic heterocycles. The highest BCUT2D eigenvalue weighted by Crippen LogP contribution is 2.24. The lowest BCUT2D eigenvalue weighted by atomic mass is 9.86. The average Bonchev–Trinajstić information content (AvgIpc) is 2.54. The second-order valence-electron chi connectivity index (χ2n) is 5.93. The van der Waals surface area contributed by atoms with Crippen molar-refractivity contribution in [2.24, 2.45) is 5.92 Å². The summed E-state index contributed by atoms with van der Waals surface area (Å²) in [7, 11) is 0. The van der Waals surface area contributed by atoms with E-state index in [0.29, 0.717) is 5.92 Å². The molecule has 0 spiro atoms. The zero-order chi connectivity index (χ0) is 17.7. The van der Waals surface area contributed by atoms with Gasteiger partial charge < -0.3 is 10.1 Å². The first-order valence-corrected chi connectivity index (χ1v) is 8.16. The first-order valence-electron chi connectivity index (χ1n) is 7.79. The molecule has 0 saturated heterocycles. The minimum absolute atomic E-state index is 0.0745. The molecule has 0 radical (unpaired) electrons. The number of nitrogens with zero attached hydrogens (tertiary/aromatic N) is 1. The number of ether oxygens (including phenoxy) is 1. The van der Waals surface area contributed by atoms with Gasteiger partial charge in [-0.15, -0.1) is 0 Å². The molecule has 0 heterocycles. The molecule has 1 aromatic rings. The number of hydrogen-bond donors (Lipinski definition) is 1. The van der Waals surface area contributed by atoms with Crippen molar-refractivity contribution in [1.82, 2.24) is 5.32 Å². The summed E-state index contributed by atoms with van der Waals surface area (Å²) in [5, 5.41) is 14.0. The maximum absolute atomic E-state index is 12.0. The minimum atomic E-state index is -0.948. The van der Waals surface area contributed by atoms with Gasteiger partial charge in [0.15, 0.2) is 6.61 Å². The first kappa shape index (κ1) is 18.2. The second kappa shape index (κ2) is 8.10. The number of rotatable bonds is 5. The van der Waals surface area contributed by atoms with Crippen molar-refractivity contribution in [3.05, 3.63) is 38.9 Å². The Morgan fingerprint density at radius 2 is 2.08 bits per heavy atom. The molecule has 1 fully saturated rings. The van der Waals surface area contributed by atoms with Crippen LogP contribution >= 0.6 is 11.6 Å². The van der Waals surface area contributed by atoms with Gasteiger partial charge in [-0.3, -0.25) is 14.9 Å². The largest absolute Gasteiger partial charge is 0.452 e. The number of nitro benzene ring substituents is 1. The SMILES string of the molecule is C[C@@H]1CCCC[C@H]1NC(=O)COC(=O)c1cc(Cl)ccc1[N+](=O)[O-]. The van der Waals surface area contributed by atoms with E-state index >= 15 is 0 Å². The number of nitro groups is 1. The van der Waals surface area contributed by atoms with E-state index in [9.17, 15) is 19.7 Å². The molecule has 1 aliphatic rings. The van der Waals surface area contributed by atoms with Crippen molar-refractivity contribution in [3.8, 4) is 0 Å². The molecular weight excluding hydrogens is 336 g/mol. The molecule has 1 amide bonds. The van der Waals surface area contributed by atoms with Gasteiger partial charge in [0.1, 0.15) is 5.56 Å². The fourth-order valence-corrected chi connectivity index (χ4v) is 2.99. The van der Waals surface area contributed by atoms with Crippen molar-refractivity contribution in [2.75, 3.05) is 6.61 Å². The van der Waals surface area contributed by atoms with Crippen LogP contribution in [-0.2, 0) is 9.53 Å². The predicted molar refractivity (Wildman–Crippen MR) is 88.0 cm³/mol. The highest BCUT2D eigenvalue weighted by molar-refractivity contribution is 6.31.